The van der Waals surface area contributed by atoms with Crippen LogP contribution in [0.4, 0.5) is 0 Å². The Labute approximate surface area is 164 Å². The molecule has 0 aromatic carbocycles. The highest BCUT2D eigenvalue weighted by atomic mass is 16.5. The van der Waals surface area contributed by atoms with Crippen LogP contribution in [0.2, 0.25) is 0 Å². The fourth-order valence-corrected chi connectivity index (χ4v) is 3.66. The number of hydrogen-bond acceptors (Lipinski definition) is 2. The zero-order valence-electron chi connectivity index (χ0n) is 17.0. The highest BCUT2D eigenvalue weighted by Crippen LogP contribution is 2.42. The van der Waals surface area contributed by atoms with Crippen molar-refractivity contribution in [2.24, 2.45) is 11.8 Å². The van der Waals surface area contributed by atoms with Gasteiger partial charge in [-0.1, -0.05) is 62.3 Å². The van der Waals surface area contributed by atoms with Crippen LogP contribution in [-0.4, -0.2) is 12.4 Å². The van der Waals surface area contributed by atoms with Gasteiger partial charge in [-0.15, -0.1) is 0 Å². The first-order valence-corrected chi connectivity index (χ1v) is 10.4. The second-order valence-corrected chi connectivity index (χ2v) is 8.05. The van der Waals surface area contributed by atoms with Gasteiger partial charge in [0.2, 0.25) is 0 Å². The minimum atomic E-state index is 0.265. The van der Waals surface area contributed by atoms with Crippen LogP contribution in [-0.2, 0) is 9.53 Å². The molecular weight excluding hydrogens is 332 g/mol. The maximum absolute atomic E-state index is 12.5. The summed E-state index contributed by atoms with van der Waals surface area (Å²) in [5, 5.41) is 0. The Hall–Kier alpha value is -2.09. The van der Waals surface area contributed by atoms with Gasteiger partial charge in [-0.05, 0) is 55.7 Å². The zero-order valence-corrected chi connectivity index (χ0v) is 17.0. The molecule has 0 heterocycles. The van der Waals surface area contributed by atoms with E-state index in [1.807, 2.05) is 6.08 Å². The van der Waals surface area contributed by atoms with Gasteiger partial charge >= 0.3 is 0 Å². The average Bonchev–Trinajstić information content (AvgIpc) is 2.80. The summed E-state index contributed by atoms with van der Waals surface area (Å²) in [6.45, 7) is 7.35. The van der Waals surface area contributed by atoms with E-state index in [0.717, 1.165) is 50.0 Å². The van der Waals surface area contributed by atoms with Gasteiger partial charge in [-0.3, -0.25) is 4.79 Å². The third-order valence-corrected chi connectivity index (χ3v) is 5.55. The topological polar surface area (TPSA) is 26.3 Å². The molecule has 0 aromatic heterocycles. The van der Waals surface area contributed by atoms with E-state index in [1.54, 1.807) is 0 Å². The number of ether oxygens (including phenoxy) is 1. The first-order valence-electron chi connectivity index (χ1n) is 10.4. The van der Waals surface area contributed by atoms with Gasteiger partial charge < -0.3 is 4.74 Å². The van der Waals surface area contributed by atoms with Crippen LogP contribution in [0.15, 0.2) is 70.6 Å². The number of unbranched alkanes of at least 4 members (excludes halogenated alkanes) is 1. The Morgan fingerprint density at radius 3 is 2.93 bits per heavy atom. The summed E-state index contributed by atoms with van der Waals surface area (Å²) in [4.78, 5) is 12.5. The zero-order chi connectivity index (χ0) is 19.2. The predicted octanol–water partition coefficient (Wildman–Crippen LogP) is 6.39. The molecule has 0 amide bonds. The number of ketones is 1. The smallest absolute Gasteiger partial charge is 0.162 e. The molecule has 3 aliphatic rings. The lowest BCUT2D eigenvalue weighted by Gasteiger charge is -2.26. The lowest BCUT2D eigenvalue weighted by atomic mass is 9.87. The molecule has 0 N–H and O–H groups in total. The molecule has 0 aromatic rings. The SMILES string of the molecule is CCCCOC1=CC2=C(C=C(C)CCC(=O)C3=CCC(C)CC=C3)C=CC12. The van der Waals surface area contributed by atoms with E-state index in [9.17, 15) is 4.79 Å². The van der Waals surface area contributed by atoms with Crippen LogP contribution < -0.4 is 0 Å². The molecule has 2 nitrogen and oxygen atoms in total. The van der Waals surface area contributed by atoms with E-state index in [1.165, 1.54) is 16.7 Å². The van der Waals surface area contributed by atoms with Gasteiger partial charge in [0.15, 0.2) is 5.78 Å². The molecule has 3 aliphatic carbocycles. The van der Waals surface area contributed by atoms with Crippen molar-refractivity contribution in [1.29, 1.82) is 0 Å². The Kier molecular flexibility index (Phi) is 6.71. The van der Waals surface area contributed by atoms with E-state index in [2.05, 4.69) is 57.2 Å². The molecule has 2 atom stereocenters. The first-order chi connectivity index (χ1) is 13.1. The second-order valence-electron chi connectivity index (χ2n) is 8.05. The van der Waals surface area contributed by atoms with E-state index in [-0.39, 0.29) is 5.78 Å². The Morgan fingerprint density at radius 1 is 1.26 bits per heavy atom. The molecule has 2 heteroatoms. The Bertz CT molecular complexity index is 755. The second kappa shape index (κ2) is 9.21. The molecular formula is C25H32O2. The highest BCUT2D eigenvalue weighted by Gasteiger charge is 2.31. The van der Waals surface area contributed by atoms with E-state index >= 15 is 0 Å². The van der Waals surface area contributed by atoms with Crippen molar-refractivity contribution in [3.8, 4) is 0 Å². The summed E-state index contributed by atoms with van der Waals surface area (Å²) in [6, 6.07) is 0. The molecule has 0 saturated heterocycles. The van der Waals surface area contributed by atoms with Crippen LogP contribution in [0.5, 0.6) is 0 Å². The van der Waals surface area contributed by atoms with Crippen molar-refractivity contribution in [2.75, 3.05) is 6.61 Å². The van der Waals surface area contributed by atoms with Gasteiger partial charge in [0, 0.05) is 12.0 Å². The minimum absolute atomic E-state index is 0.265. The molecule has 2 unspecified atom stereocenters. The molecule has 0 aliphatic heterocycles. The molecule has 0 radical (unpaired) electrons. The number of allylic oxidation sites excluding steroid dienone is 10. The van der Waals surface area contributed by atoms with Gasteiger partial charge in [0.1, 0.15) is 5.76 Å². The molecule has 27 heavy (non-hydrogen) atoms. The Morgan fingerprint density at radius 2 is 2.11 bits per heavy atom. The largest absolute Gasteiger partial charge is 0.497 e. The third kappa shape index (κ3) is 5.00. The van der Waals surface area contributed by atoms with Gasteiger partial charge in [-0.25, -0.2) is 0 Å². The third-order valence-electron chi connectivity index (χ3n) is 5.55. The Balaban J connectivity index is 1.54. The summed E-state index contributed by atoms with van der Waals surface area (Å²) in [7, 11) is 0. The summed E-state index contributed by atoms with van der Waals surface area (Å²) in [5.74, 6) is 2.36. The standard InChI is InChI=1S/C25H32O2/c1-4-5-15-27-25-17-23-21(12-13-22(23)25)16-19(3)10-14-24(26)20-8-6-7-18(2)9-11-20/h6,8,11-13,16-18,22H,4-5,7,9-10,14-15H2,1-3H3. The predicted molar refractivity (Wildman–Crippen MR) is 112 cm³/mol. The lowest BCUT2D eigenvalue weighted by Crippen LogP contribution is -2.15. The van der Waals surface area contributed by atoms with Crippen molar-refractivity contribution in [1.82, 2.24) is 0 Å². The number of hydrogen-bond donors (Lipinski definition) is 0. The molecule has 3 rings (SSSR count). The maximum Gasteiger partial charge on any atom is 0.162 e. The van der Waals surface area contributed by atoms with E-state index in [0.29, 0.717) is 18.3 Å². The summed E-state index contributed by atoms with van der Waals surface area (Å²) < 4.78 is 5.85. The van der Waals surface area contributed by atoms with Crippen LogP contribution in [0.3, 0.4) is 0 Å². The van der Waals surface area contributed by atoms with Crippen molar-refractivity contribution in [3.05, 3.63) is 70.6 Å². The number of fused-ring (bicyclic) bond motifs is 1. The number of carbonyl (C=O) groups excluding carboxylic acids is 1. The van der Waals surface area contributed by atoms with Crippen LogP contribution in [0.1, 0.15) is 59.3 Å². The molecule has 0 spiro atoms. The van der Waals surface area contributed by atoms with E-state index in [4.69, 9.17) is 4.74 Å². The molecule has 0 bridgehead atoms. The maximum atomic E-state index is 12.5. The van der Waals surface area contributed by atoms with Crippen molar-refractivity contribution < 1.29 is 9.53 Å². The quantitative estimate of drug-likeness (QED) is 0.443. The average molecular weight is 365 g/mol. The summed E-state index contributed by atoms with van der Waals surface area (Å²) in [5.41, 5.74) is 4.79. The fourth-order valence-electron chi connectivity index (χ4n) is 3.66. The van der Waals surface area contributed by atoms with Crippen molar-refractivity contribution in [2.45, 2.75) is 59.3 Å². The van der Waals surface area contributed by atoms with Crippen LogP contribution in [0, 0.1) is 11.8 Å². The van der Waals surface area contributed by atoms with Crippen LogP contribution >= 0.6 is 0 Å². The summed E-state index contributed by atoms with van der Waals surface area (Å²) >= 11 is 0. The fraction of sp³-hybridized carbons (Fsp3) is 0.480. The molecule has 0 saturated carbocycles. The van der Waals surface area contributed by atoms with Crippen molar-refractivity contribution >= 4 is 5.78 Å². The number of carbonyl (C=O) groups is 1. The van der Waals surface area contributed by atoms with Crippen molar-refractivity contribution in [3.63, 3.8) is 0 Å². The summed E-state index contributed by atoms with van der Waals surface area (Å²) in [6.07, 6.45) is 20.8. The molecule has 0 fully saturated rings. The normalized spacial score (nSPS) is 24.2. The monoisotopic (exact) mass is 364 g/mol. The number of Topliss-reactive ketones (excluding diaryl/α,β-unsaturated/α-hetero) is 1. The van der Waals surface area contributed by atoms with Crippen LogP contribution in [0.25, 0.3) is 0 Å². The van der Waals surface area contributed by atoms with Gasteiger partial charge in [-0.2, -0.15) is 0 Å². The highest BCUT2D eigenvalue weighted by molar-refractivity contribution is 5.98. The first kappa shape index (κ1) is 19.7. The molecule has 144 valence electrons. The lowest BCUT2D eigenvalue weighted by molar-refractivity contribution is -0.115. The minimum Gasteiger partial charge on any atom is -0.497 e. The number of rotatable bonds is 9. The van der Waals surface area contributed by atoms with Gasteiger partial charge in [0.05, 0.1) is 12.5 Å². The van der Waals surface area contributed by atoms with Gasteiger partial charge in [0.25, 0.3) is 0 Å². The van der Waals surface area contributed by atoms with E-state index < -0.39 is 0 Å².